The number of esters is 1. The van der Waals surface area contributed by atoms with Crippen LogP contribution in [0.1, 0.15) is 47.4 Å². The molecule has 0 radical (unpaired) electrons. The second-order valence-electron chi connectivity index (χ2n) is 8.05. The number of fused-ring (bicyclic) bond motifs is 1. The van der Waals surface area contributed by atoms with Crippen LogP contribution in [0.25, 0.3) is 10.2 Å². The fourth-order valence-corrected chi connectivity index (χ4v) is 6.44. The lowest BCUT2D eigenvalue weighted by molar-refractivity contribution is 0.0600. The van der Waals surface area contributed by atoms with Gasteiger partial charge in [-0.2, -0.15) is 9.30 Å². The molecule has 0 saturated carbocycles. The highest BCUT2D eigenvalue weighted by atomic mass is 32.2. The largest absolute Gasteiger partial charge is 0.465 e. The van der Waals surface area contributed by atoms with Gasteiger partial charge in [0.05, 0.1) is 34.4 Å². The Balaban J connectivity index is 1.97. The Bertz CT molecular complexity index is 1390. The summed E-state index contributed by atoms with van der Waals surface area (Å²) in [6, 6.07) is 11.0. The minimum Gasteiger partial charge on any atom is -0.465 e. The van der Waals surface area contributed by atoms with E-state index in [9.17, 15) is 18.0 Å². The van der Waals surface area contributed by atoms with Crippen molar-refractivity contribution in [3.8, 4) is 0 Å². The molecule has 0 unspecified atom stereocenters. The van der Waals surface area contributed by atoms with Gasteiger partial charge in [-0.15, -0.1) is 0 Å². The Morgan fingerprint density at radius 1 is 1.00 bits per heavy atom. The number of hydrogen-bond donors (Lipinski definition) is 0. The molecule has 0 aliphatic rings. The molecular formula is C25H31N3O6S2. The van der Waals surface area contributed by atoms with Crippen LogP contribution in [0, 0.1) is 0 Å². The van der Waals surface area contributed by atoms with Gasteiger partial charge >= 0.3 is 5.97 Å². The number of thiazole rings is 1. The van der Waals surface area contributed by atoms with Crippen LogP contribution in [-0.2, 0) is 26.0 Å². The van der Waals surface area contributed by atoms with Crippen molar-refractivity contribution in [2.24, 2.45) is 4.99 Å². The first-order chi connectivity index (χ1) is 17.3. The quantitative estimate of drug-likeness (QED) is 0.348. The lowest BCUT2D eigenvalue weighted by Gasteiger charge is -2.21. The molecule has 1 amide bonds. The number of benzene rings is 2. The van der Waals surface area contributed by atoms with Gasteiger partial charge in [-0.05, 0) is 55.3 Å². The highest BCUT2D eigenvalue weighted by Crippen LogP contribution is 2.21. The van der Waals surface area contributed by atoms with Gasteiger partial charge in [-0.25, -0.2) is 13.2 Å². The molecule has 3 rings (SSSR count). The second kappa shape index (κ2) is 12.4. The van der Waals surface area contributed by atoms with Crippen LogP contribution in [0.3, 0.4) is 0 Å². The molecule has 0 atom stereocenters. The summed E-state index contributed by atoms with van der Waals surface area (Å²) >= 11 is 1.27. The molecule has 2 aromatic carbocycles. The van der Waals surface area contributed by atoms with Gasteiger partial charge in [0.2, 0.25) is 10.0 Å². The average molecular weight is 534 g/mol. The molecule has 0 aliphatic carbocycles. The Labute approximate surface area is 215 Å². The van der Waals surface area contributed by atoms with Crippen molar-refractivity contribution in [2.75, 3.05) is 33.9 Å². The van der Waals surface area contributed by atoms with Crippen LogP contribution in [0.15, 0.2) is 52.4 Å². The summed E-state index contributed by atoms with van der Waals surface area (Å²) in [5.74, 6) is -0.946. The maximum absolute atomic E-state index is 13.0. The number of nitrogens with zero attached hydrogens (tertiary/aromatic N) is 3. The first-order valence-electron chi connectivity index (χ1n) is 11.7. The van der Waals surface area contributed by atoms with Crippen molar-refractivity contribution in [2.45, 2.75) is 38.1 Å². The van der Waals surface area contributed by atoms with Gasteiger partial charge < -0.3 is 14.0 Å². The molecule has 0 bridgehead atoms. The van der Waals surface area contributed by atoms with Crippen LogP contribution in [-0.4, -0.2) is 63.1 Å². The molecule has 11 heteroatoms. The van der Waals surface area contributed by atoms with E-state index in [-0.39, 0.29) is 10.5 Å². The van der Waals surface area contributed by atoms with E-state index >= 15 is 0 Å². The maximum Gasteiger partial charge on any atom is 0.337 e. The van der Waals surface area contributed by atoms with Gasteiger partial charge in [-0.1, -0.05) is 25.2 Å². The molecular weight excluding hydrogens is 502 g/mol. The van der Waals surface area contributed by atoms with Gasteiger partial charge in [0, 0.05) is 32.3 Å². The number of hydrogen-bond acceptors (Lipinski definition) is 7. The smallest absolute Gasteiger partial charge is 0.337 e. The average Bonchev–Trinajstić information content (AvgIpc) is 3.22. The Kier molecular flexibility index (Phi) is 9.55. The topological polar surface area (TPSA) is 107 Å². The first-order valence-corrected chi connectivity index (χ1v) is 13.9. The molecule has 1 heterocycles. The minimum atomic E-state index is -3.64. The summed E-state index contributed by atoms with van der Waals surface area (Å²) in [7, 11) is -0.729. The Hall–Kier alpha value is -2.86. The second-order valence-corrected chi connectivity index (χ2v) is 11.0. The van der Waals surface area contributed by atoms with E-state index in [0.29, 0.717) is 49.4 Å². The fraction of sp³-hybridized carbons (Fsp3) is 0.400. The number of amides is 1. The third kappa shape index (κ3) is 6.09. The summed E-state index contributed by atoms with van der Waals surface area (Å²) in [4.78, 5) is 29.8. The predicted octanol–water partition coefficient (Wildman–Crippen LogP) is 3.69. The molecule has 0 N–H and O–H groups in total. The molecule has 9 nitrogen and oxygen atoms in total. The number of rotatable bonds is 11. The van der Waals surface area contributed by atoms with Gasteiger partial charge in [-0.3, -0.25) is 4.79 Å². The molecule has 3 aromatic rings. The summed E-state index contributed by atoms with van der Waals surface area (Å²) in [5, 5.41) is 0. The lowest BCUT2D eigenvalue weighted by atomic mass is 10.2. The maximum atomic E-state index is 13.0. The summed E-state index contributed by atoms with van der Waals surface area (Å²) in [5.41, 5.74) is 1.49. The molecule has 0 aliphatic heterocycles. The van der Waals surface area contributed by atoms with E-state index in [2.05, 4.69) is 4.99 Å². The van der Waals surface area contributed by atoms with Gasteiger partial charge in [0.1, 0.15) is 0 Å². The van der Waals surface area contributed by atoms with E-state index < -0.39 is 21.9 Å². The number of ether oxygens (including phenoxy) is 2. The monoisotopic (exact) mass is 533 g/mol. The zero-order valence-electron chi connectivity index (χ0n) is 20.9. The van der Waals surface area contributed by atoms with Crippen LogP contribution in [0.5, 0.6) is 0 Å². The van der Waals surface area contributed by atoms with Crippen molar-refractivity contribution in [1.82, 2.24) is 8.87 Å². The van der Waals surface area contributed by atoms with E-state index in [1.165, 1.54) is 47.0 Å². The van der Waals surface area contributed by atoms with Crippen molar-refractivity contribution >= 4 is 43.5 Å². The molecule has 0 saturated heterocycles. The number of sulfonamides is 1. The van der Waals surface area contributed by atoms with Crippen molar-refractivity contribution in [3.63, 3.8) is 0 Å². The molecule has 36 heavy (non-hydrogen) atoms. The van der Waals surface area contributed by atoms with Crippen molar-refractivity contribution in [1.29, 1.82) is 0 Å². The first kappa shape index (κ1) is 27.7. The zero-order valence-corrected chi connectivity index (χ0v) is 22.5. The van der Waals surface area contributed by atoms with Crippen LogP contribution < -0.4 is 4.80 Å². The lowest BCUT2D eigenvalue weighted by Crippen LogP contribution is -2.32. The Morgan fingerprint density at radius 3 is 2.22 bits per heavy atom. The predicted molar refractivity (Wildman–Crippen MR) is 139 cm³/mol. The third-order valence-electron chi connectivity index (χ3n) is 5.51. The van der Waals surface area contributed by atoms with E-state index in [1.54, 1.807) is 25.3 Å². The zero-order chi connectivity index (χ0) is 26.3. The number of methoxy groups -OCH3 is 2. The number of carbonyl (C=O) groups excluding carboxylic acids is 2. The highest BCUT2D eigenvalue weighted by Gasteiger charge is 2.23. The summed E-state index contributed by atoms with van der Waals surface area (Å²) in [6.07, 6.45) is 1.43. The SMILES string of the molecule is CCCN(CCC)S(=O)(=O)c1ccc(C(=O)N=c2sc3cc(C(=O)OC)ccc3n2CCOC)cc1. The van der Waals surface area contributed by atoms with Gasteiger partial charge in [0.25, 0.3) is 5.91 Å². The summed E-state index contributed by atoms with van der Waals surface area (Å²) < 4.78 is 40.1. The van der Waals surface area contributed by atoms with Crippen LogP contribution in [0.2, 0.25) is 0 Å². The van der Waals surface area contributed by atoms with Crippen molar-refractivity contribution in [3.05, 3.63) is 58.4 Å². The van der Waals surface area contributed by atoms with E-state index in [1.807, 2.05) is 18.4 Å². The van der Waals surface area contributed by atoms with Gasteiger partial charge in [0.15, 0.2) is 4.80 Å². The van der Waals surface area contributed by atoms with Crippen LogP contribution >= 0.6 is 11.3 Å². The van der Waals surface area contributed by atoms with Crippen molar-refractivity contribution < 1.29 is 27.5 Å². The minimum absolute atomic E-state index is 0.147. The molecule has 0 fully saturated rings. The molecule has 1 aromatic heterocycles. The summed E-state index contributed by atoms with van der Waals surface area (Å²) in [6.45, 7) is 5.62. The fourth-order valence-electron chi connectivity index (χ4n) is 3.72. The van der Waals surface area contributed by atoms with Crippen LogP contribution in [0.4, 0.5) is 0 Å². The number of aromatic nitrogens is 1. The van der Waals surface area contributed by atoms with E-state index in [0.717, 1.165) is 10.2 Å². The molecule has 194 valence electrons. The van der Waals surface area contributed by atoms with E-state index in [4.69, 9.17) is 9.47 Å². The third-order valence-corrected chi connectivity index (χ3v) is 8.46. The molecule has 0 spiro atoms. The number of carbonyl (C=O) groups is 2. The standard InChI is InChI=1S/C25H31N3O6S2/c1-5-13-27(14-6-2)36(31,32)20-10-7-18(8-11-20)23(29)26-25-28(15-16-33-3)21-12-9-19(24(30)34-4)17-22(21)35-25/h7-12,17H,5-6,13-16H2,1-4H3. The normalized spacial score (nSPS) is 12.4. The Morgan fingerprint density at radius 2 is 1.64 bits per heavy atom. The highest BCUT2D eigenvalue weighted by molar-refractivity contribution is 7.89.